The van der Waals surface area contributed by atoms with E-state index in [2.05, 4.69) is 24.4 Å². The summed E-state index contributed by atoms with van der Waals surface area (Å²) in [6.07, 6.45) is 6.87. The topological polar surface area (TPSA) is 149 Å². The first-order chi connectivity index (χ1) is 15.8. The molecule has 1 saturated heterocycles. The molecule has 1 aliphatic rings. The minimum atomic E-state index is -1.56. The molecule has 1 heterocycles. The number of aliphatic hydroxyl groups excluding tert-OH is 5. The van der Waals surface area contributed by atoms with Crippen molar-refractivity contribution in [1.82, 2.24) is 5.32 Å². The Morgan fingerprint density at radius 1 is 1.00 bits per heavy atom. The summed E-state index contributed by atoms with van der Waals surface area (Å²) >= 11 is 0. The summed E-state index contributed by atoms with van der Waals surface area (Å²) in [6.45, 7) is 3.26. The molecule has 0 aliphatic carbocycles. The third kappa shape index (κ3) is 11.1. The number of aliphatic hydroxyl groups is 5. The van der Waals surface area contributed by atoms with Crippen molar-refractivity contribution in [3.05, 3.63) is 24.3 Å². The number of hydrogen-bond acceptors (Lipinski definition) is 8. The highest BCUT2D eigenvalue weighted by Crippen LogP contribution is 2.22. The van der Waals surface area contributed by atoms with Crippen LogP contribution in [0, 0.1) is 0 Å². The van der Waals surface area contributed by atoms with Crippen molar-refractivity contribution >= 4 is 5.91 Å². The molecule has 9 heteroatoms. The number of unbranched alkanes of at least 4 members (excludes halogenated alkanes) is 4. The Balaban J connectivity index is 2.62. The predicted molar refractivity (Wildman–Crippen MR) is 124 cm³/mol. The minimum absolute atomic E-state index is 0.207. The molecule has 0 aromatic heterocycles. The molecule has 1 amide bonds. The van der Waals surface area contributed by atoms with E-state index in [9.17, 15) is 30.3 Å². The number of amides is 1. The van der Waals surface area contributed by atoms with Gasteiger partial charge in [-0.05, 0) is 32.1 Å². The molecule has 0 radical (unpaired) electrons. The van der Waals surface area contributed by atoms with E-state index in [-0.39, 0.29) is 18.9 Å². The standard InChI is InChI=1S/C24H43NO8/c1-3-5-6-7-8-9-10-11-12-14-18(27)17(25-20(28)13-4-2)16-32-24-23(31)22(30)21(29)19(15-26)33-24/h8-9,12,14,17-19,21-24,26-27,29-31H,3-7,10-11,13,15-16H2,1-2H3,(H,25,28)/b9-8+,14-12+. The van der Waals surface area contributed by atoms with Crippen LogP contribution < -0.4 is 5.32 Å². The van der Waals surface area contributed by atoms with E-state index in [1.165, 1.54) is 19.3 Å². The first-order valence-corrected chi connectivity index (χ1v) is 12.1. The summed E-state index contributed by atoms with van der Waals surface area (Å²) < 4.78 is 10.8. The fourth-order valence-corrected chi connectivity index (χ4v) is 3.45. The van der Waals surface area contributed by atoms with Crippen LogP contribution in [0.4, 0.5) is 0 Å². The molecule has 0 aromatic rings. The summed E-state index contributed by atoms with van der Waals surface area (Å²) in [5.41, 5.74) is 0. The number of allylic oxidation sites excluding steroid dienone is 3. The van der Waals surface area contributed by atoms with E-state index in [1.807, 2.05) is 13.0 Å². The van der Waals surface area contributed by atoms with E-state index in [0.29, 0.717) is 6.42 Å². The van der Waals surface area contributed by atoms with Gasteiger partial charge in [-0.25, -0.2) is 0 Å². The maximum absolute atomic E-state index is 12.1. The Kier molecular flexibility index (Phi) is 15.4. The summed E-state index contributed by atoms with van der Waals surface area (Å²) in [5.74, 6) is -0.248. The van der Waals surface area contributed by atoms with Gasteiger partial charge in [-0.15, -0.1) is 0 Å². The highest BCUT2D eigenvalue weighted by Gasteiger charge is 2.44. The number of carbonyl (C=O) groups excluding carboxylic acids is 1. The van der Waals surface area contributed by atoms with Gasteiger partial charge >= 0.3 is 0 Å². The Labute approximate surface area is 197 Å². The quantitative estimate of drug-likeness (QED) is 0.143. The first kappa shape index (κ1) is 29.7. The lowest BCUT2D eigenvalue weighted by molar-refractivity contribution is -0.302. The largest absolute Gasteiger partial charge is 0.394 e. The second kappa shape index (κ2) is 17.2. The molecular formula is C24H43NO8. The molecule has 0 spiro atoms. The zero-order valence-corrected chi connectivity index (χ0v) is 19.9. The number of hydrogen-bond donors (Lipinski definition) is 6. The van der Waals surface area contributed by atoms with E-state index >= 15 is 0 Å². The third-order valence-electron chi connectivity index (χ3n) is 5.50. The van der Waals surface area contributed by atoms with Crippen molar-refractivity contribution in [3.63, 3.8) is 0 Å². The number of nitrogens with one attached hydrogen (secondary N) is 1. The number of ether oxygens (including phenoxy) is 2. The molecule has 0 aromatic carbocycles. The molecule has 1 fully saturated rings. The van der Waals surface area contributed by atoms with Crippen molar-refractivity contribution in [1.29, 1.82) is 0 Å². The van der Waals surface area contributed by atoms with Gasteiger partial charge in [0.05, 0.1) is 25.4 Å². The van der Waals surface area contributed by atoms with Crippen molar-refractivity contribution in [3.8, 4) is 0 Å². The lowest BCUT2D eigenvalue weighted by Crippen LogP contribution is -2.60. The second-order valence-electron chi connectivity index (χ2n) is 8.42. The lowest BCUT2D eigenvalue weighted by Gasteiger charge is -2.40. The number of rotatable bonds is 16. The predicted octanol–water partition coefficient (Wildman–Crippen LogP) is 0.922. The van der Waals surface area contributed by atoms with Gasteiger partial charge in [0.1, 0.15) is 24.4 Å². The van der Waals surface area contributed by atoms with Gasteiger partial charge in [-0.3, -0.25) is 4.79 Å². The molecule has 1 aliphatic heterocycles. The third-order valence-corrected chi connectivity index (χ3v) is 5.50. The van der Waals surface area contributed by atoms with Crippen LogP contribution in [-0.4, -0.2) is 87.5 Å². The van der Waals surface area contributed by atoms with Crippen molar-refractivity contribution in [2.75, 3.05) is 13.2 Å². The summed E-state index contributed by atoms with van der Waals surface area (Å²) in [6, 6.07) is -0.808. The molecular weight excluding hydrogens is 430 g/mol. The van der Waals surface area contributed by atoms with Gasteiger partial charge < -0.3 is 40.3 Å². The maximum Gasteiger partial charge on any atom is 0.220 e. The Morgan fingerprint density at radius 2 is 1.70 bits per heavy atom. The molecule has 1 rings (SSSR count). The van der Waals surface area contributed by atoms with Gasteiger partial charge in [-0.2, -0.15) is 0 Å². The summed E-state index contributed by atoms with van der Waals surface area (Å²) in [5, 5.41) is 52.5. The van der Waals surface area contributed by atoms with E-state index in [1.54, 1.807) is 6.08 Å². The number of carbonyl (C=O) groups is 1. The fourth-order valence-electron chi connectivity index (χ4n) is 3.45. The lowest BCUT2D eigenvalue weighted by atomic mass is 9.99. The van der Waals surface area contributed by atoms with Gasteiger partial charge in [0.2, 0.25) is 5.91 Å². The molecule has 9 nitrogen and oxygen atoms in total. The molecule has 192 valence electrons. The zero-order chi connectivity index (χ0) is 24.6. The van der Waals surface area contributed by atoms with Crippen LogP contribution in [-0.2, 0) is 14.3 Å². The van der Waals surface area contributed by atoms with Crippen molar-refractivity contribution < 1.29 is 39.8 Å². The SMILES string of the molecule is CCCCC/C=C/CC/C=C/C(O)C(COC1OC(CO)C(O)C(O)C1O)NC(=O)CCC. The summed E-state index contributed by atoms with van der Waals surface area (Å²) in [7, 11) is 0. The van der Waals surface area contributed by atoms with Crippen LogP contribution >= 0.6 is 0 Å². The van der Waals surface area contributed by atoms with Crippen LogP contribution in [0.3, 0.4) is 0 Å². The van der Waals surface area contributed by atoms with E-state index in [4.69, 9.17) is 9.47 Å². The van der Waals surface area contributed by atoms with E-state index in [0.717, 1.165) is 19.3 Å². The van der Waals surface area contributed by atoms with Crippen LogP contribution in [0.2, 0.25) is 0 Å². The smallest absolute Gasteiger partial charge is 0.220 e. The van der Waals surface area contributed by atoms with Crippen LogP contribution in [0.15, 0.2) is 24.3 Å². The molecule has 0 saturated carbocycles. The van der Waals surface area contributed by atoms with E-state index < -0.39 is 49.5 Å². The highest BCUT2D eigenvalue weighted by atomic mass is 16.7. The zero-order valence-electron chi connectivity index (χ0n) is 19.9. The fraction of sp³-hybridized carbons (Fsp3) is 0.792. The average Bonchev–Trinajstić information content (AvgIpc) is 2.80. The Hall–Kier alpha value is -1.33. The van der Waals surface area contributed by atoms with Gasteiger partial charge in [0.15, 0.2) is 6.29 Å². The van der Waals surface area contributed by atoms with Gasteiger partial charge in [0, 0.05) is 6.42 Å². The molecule has 33 heavy (non-hydrogen) atoms. The first-order valence-electron chi connectivity index (χ1n) is 12.1. The second-order valence-corrected chi connectivity index (χ2v) is 8.42. The minimum Gasteiger partial charge on any atom is -0.394 e. The Morgan fingerprint density at radius 3 is 2.36 bits per heavy atom. The van der Waals surface area contributed by atoms with Crippen LogP contribution in [0.1, 0.15) is 65.2 Å². The van der Waals surface area contributed by atoms with Crippen molar-refractivity contribution in [2.45, 2.75) is 108 Å². The molecule has 6 N–H and O–H groups in total. The van der Waals surface area contributed by atoms with Crippen LogP contribution in [0.25, 0.3) is 0 Å². The van der Waals surface area contributed by atoms with Crippen molar-refractivity contribution in [2.24, 2.45) is 0 Å². The Bertz CT molecular complexity index is 583. The summed E-state index contributed by atoms with van der Waals surface area (Å²) in [4.78, 5) is 12.1. The highest BCUT2D eigenvalue weighted by molar-refractivity contribution is 5.76. The molecule has 0 bridgehead atoms. The van der Waals surface area contributed by atoms with Gasteiger partial charge in [-0.1, -0.05) is 51.0 Å². The monoisotopic (exact) mass is 473 g/mol. The maximum atomic E-state index is 12.1. The molecule has 7 atom stereocenters. The average molecular weight is 474 g/mol. The van der Waals surface area contributed by atoms with Crippen LogP contribution in [0.5, 0.6) is 0 Å². The molecule has 7 unspecified atom stereocenters. The van der Waals surface area contributed by atoms with Gasteiger partial charge in [0.25, 0.3) is 0 Å². The normalized spacial score (nSPS) is 27.8.